The fourth-order valence-electron chi connectivity index (χ4n) is 3.85. The van der Waals surface area contributed by atoms with E-state index in [-0.39, 0.29) is 10.8 Å². The van der Waals surface area contributed by atoms with Gasteiger partial charge in [-0.1, -0.05) is 102 Å². The summed E-state index contributed by atoms with van der Waals surface area (Å²) in [6, 6.07) is 22.9. The van der Waals surface area contributed by atoms with Crippen LogP contribution < -0.4 is 4.52 Å². The van der Waals surface area contributed by atoms with E-state index in [9.17, 15) is 4.57 Å². The van der Waals surface area contributed by atoms with Crippen molar-refractivity contribution >= 4 is 8.69 Å². The molecule has 1 atom stereocenters. The molecule has 2 nitrogen and oxygen atoms in total. The zero-order chi connectivity index (χ0) is 21.2. The van der Waals surface area contributed by atoms with Crippen molar-refractivity contribution in [2.75, 3.05) is 0 Å². The van der Waals surface area contributed by atoms with Crippen LogP contribution >= 0.6 is 8.69 Å². The molecule has 0 bridgehead atoms. The Labute approximate surface area is 176 Å². The molecule has 0 amide bonds. The van der Waals surface area contributed by atoms with Crippen LogP contribution in [0.25, 0.3) is 22.3 Å². The van der Waals surface area contributed by atoms with Gasteiger partial charge in [-0.25, -0.2) is 0 Å². The number of hydrogen-bond acceptors (Lipinski definition) is 2. The zero-order valence-corrected chi connectivity index (χ0v) is 19.2. The molecule has 3 rings (SSSR count). The summed E-state index contributed by atoms with van der Waals surface area (Å²) in [4.78, 5) is 0. The molecule has 0 saturated heterocycles. The molecule has 0 radical (unpaired) electrons. The molecule has 0 saturated carbocycles. The molecule has 0 heterocycles. The van der Waals surface area contributed by atoms with E-state index in [1.807, 2.05) is 30.3 Å². The quantitative estimate of drug-likeness (QED) is 0.412. The second-order valence-electron chi connectivity index (χ2n) is 9.46. The van der Waals surface area contributed by atoms with Gasteiger partial charge in [0.1, 0.15) is 0 Å². The van der Waals surface area contributed by atoms with E-state index in [2.05, 4.69) is 77.9 Å². The third-order valence-corrected chi connectivity index (χ3v) is 5.50. The molecular formula is C26H30O2P+. The van der Waals surface area contributed by atoms with Gasteiger partial charge < -0.3 is 0 Å². The Morgan fingerprint density at radius 2 is 1.21 bits per heavy atom. The molecule has 0 aromatic heterocycles. The summed E-state index contributed by atoms with van der Waals surface area (Å²) in [5.74, 6) is 0.655. The Morgan fingerprint density at radius 1 is 0.655 bits per heavy atom. The third-order valence-electron chi connectivity index (χ3n) is 5.19. The van der Waals surface area contributed by atoms with E-state index in [0.29, 0.717) is 5.75 Å². The molecule has 3 aromatic rings. The summed E-state index contributed by atoms with van der Waals surface area (Å²) in [6.07, 6.45) is 0. The minimum absolute atomic E-state index is 0.0581. The highest BCUT2D eigenvalue weighted by atomic mass is 31.1. The van der Waals surface area contributed by atoms with E-state index < -0.39 is 8.69 Å². The van der Waals surface area contributed by atoms with Crippen molar-refractivity contribution in [2.45, 2.75) is 52.4 Å². The number of rotatable bonds is 4. The first-order valence-electron chi connectivity index (χ1n) is 10.0. The average Bonchev–Trinajstić information content (AvgIpc) is 2.67. The predicted molar refractivity (Wildman–Crippen MR) is 124 cm³/mol. The fraction of sp³-hybridized carbons (Fsp3) is 0.308. The lowest BCUT2D eigenvalue weighted by Crippen LogP contribution is -2.19. The summed E-state index contributed by atoms with van der Waals surface area (Å²) in [7, 11) is -0.853. The molecular weight excluding hydrogens is 375 g/mol. The second-order valence-corrected chi connectivity index (χ2v) is 9.83. The van der Waals surface area contributed by atoms with Gasteiger partial charge in [0.05, 0.1) is 0 Å². The highest BCUT2D eigenvalue weighted by Crippen LogP contribution is 2.48. The van der Waals surface area contributed by atoms with Crippen LogP contribution in [0, 0.1) is 0 Å². The van der Waals surface area contributed by atoms with Gasteiger partial charge >= 0.3 is 8.69 Å². The predicted octanol–water partition coefficient (Wildman–Crippen LogP) is 7.93. The van der Waals surface area contributed by atoms with Gasteiger partial charge in [-0.15, -0.1) is 0 Å². The van der Waals surface area contributed by atoms with Gasteiger partial charge in [-0.3, -0.25) is 4.52 Å². The minimum atomic E-state index is -0.853. The maximum absolute atomic E-state index is 11.5. The normalized spacial score (nSPS) is 12.2. The van der Waals surface area contributed by atoms with Crippen molar-refractivity contribution < 1.29 is 9.09 Å². The smallest absolute Gasteiger partial charge is 0.255 e. The maximum atomic E-state index is 11.5. The van der Waals surface area contributed by atoms with Crippen molar-refractivity contribution in [2.24, 2.45) is 0 Å². The lowest BCUT2D eigenvalue weighted by atomic mass is 9.73. The van der Waals surface area contributed by atoms with E-state index in [1.54, 1.807) is 0 Å². The molecule has 0 aliphatic carbocycles. The van der Waals surface area contributed by atoms with Gasteiger partial charge in [-0.2, -0.15) is 0 Å². The largest absolute Gasteiger partial charge is 0.542 e. The van der Waals surface area contributed by atoms with Crippen molar-refractivity contribution in [3.05, 3.63) is 77.9 Å². The van der Waals surface area contributed by atoms with Gasteiger partial charge in [-0.05, 0) is 49.3 Å². The standard InChI is InChI=1S/C26H30O2P/c1-25(2,3)20-15-11-16-21(26(4,5)6)24(20)23-19(18-12-8-7-9-13-18)14-10-17-22(23)28-29-27/h7-17,29H,1-6H3/q+1. The molecule has 0 aliphatic rings. The summed E-state index contributed by atoms with van der Waals surface area (Å²) in [6.45, 7) is 13.4. The molecule has 0 aliphatic heterocycles. The van der Waals surface area contributed by atoms with Crippen LogP contribution in [0.1, 0.15) is 52.7 Å². The topological polar surface area (TPSA) is 26.3 Å². The van der Waals surface area contributed by atoms with E-state index in [4.69, 9.17) is 4.52 Å². The van der Waals surface area contributed by atoms with Crippen LogP contribution in [0.15, 0.2) is 66.7 Å². The minimum Gasteiger partial charge on any atom is -0.255 e. The van der Waals surface area contributed by atoms with E-state index >= 15 is 0 Å². The van der Waals surface area contributed by atoms with Crippen LogP contribution in [-0.4, -0.2) is 0 Å². The first kappa shape index (κ1) is 21.3. The fourth-order valence-corrected chi connectivity index (χ4v) is 4.11. The maximum Gasteiger partial charge on any atom is 0.542 e. The van der Waals surface area contributed by atoms with E-state index in [1.165, 1.54) is 16.7 Å². The molecule has 0 N–H and O–H groups in total. The van der Waals surface area contributed by atoms with Crippen LogP contribution in [0.4, 0.5) is 0 Å². The SMILES string of the molecule is CC(C)(C)c1cccc(C(C)(C)C)c1-c1c(O[PH+]=O)cccc1-c1ccccc1. The van der Waals surface area contributed by atoms with E-state index in [0.717, 1.165) is 16.7 Å². The Balaban J connectivity index is 2.49. The van der Waals surface area contributed by atoms with Gasteiger partial charge in [0.2, 0.25) is 0 Å². The molecule has 3 heteroatoms. The summed E-state index contributed by atoms with van der Waals surface area (Å²) >= 11 is 0. The van der Waals surface area contributed by atoms with Gasteiger partial charge in [0.15, 0.2) is 5.75 Å². The summed E-state index contributed by atoms with van der Waals surface area (Å²) < 4.78 is 17.2. The molecule has 150 valence electrons. The molecule has 3 aromatic carbocycles. The van der Waals surface area contributed by atoms with Gasteiger partial charge in [0, 0.05) is 5.56 Å². The zero-order valence-electron chi connectivity index (χ0n) is 18.2. The van der Waals surface area contributed by atoms with Crippen LogP contribution in [-0.2, 0) is 15.4 Å². The average molecular weight is 405 g/mol. The van der Waals surface area contributed by atoms with Crippen LogP contribution in [0.5, 0.6) is 5.75 Å². The number of hydrogen-bond donors (Lipinski definition) is 0. The lowest BCUT2D eigenvalue weighted by molar-refractivity contribution is 0.525. The van der Waals surface area contributed by atoms with Crippen molar-refractivity contribution in [1.29, 1.82) is 0 Å². The molecule has 1 unspecified atom stereocenters. The first-order valence-corrected chi connectivity index (χ1v) is 10.8. The Morgan fingerprint density at radius 3 is 1.72 bits per heavy atom. The van der Waals surface area contributed by atoms with Crippen LogP contribution in [0.2, 0.25) is 0 Å². The Kier molecular flexibility index (Phi) is 5.96. The molecule has 0 spiro atoms. The number of benzene rings is 3. The van der Waals surface area contributed by atoms with Crippen molar-refractivity contribution in [3.63, 3.8) is 0 Å². The molecule has 29 heavy (non-hydrogen) atoms. The van der Waals surface area contributed by atoms with Crippen molar-refractivity contribution in [1.82, 2.24) is 0 Å². The van der Waals surface area contributed by atoms with Gasteiger partial charge in [0.25, 0.3) is 0 Å². The third kappa shape index (κ3) is 4.43. The Bertz CT molecular complexity index is 977. The summed E-state index contributed by atoms with van der Waals surface area (Å²) in [5, 5.41) is 0. The monoisotopic (exact) mass is 405 g/mol. The first-order chi connectivity index (χ1) is 13.6. The Hall–Kier alpha value is -2.44. The van der Waals surface area contributed by atoms with Crippen molar-refractivity contribution in [3.8, 4) is 28.0 Å². The second kappa shape index (κ2) is 8.13. The highest BCUT2D eigenvalue weighted by Gasteiger charge is 2.30. The lowest BCUT2D eigenvalue weighted by Gasteiger charge is -2.31. The molecule has 0 fully saturated rings. The van der Waals surface area contributed by atoms with Crippen LogP contribution in [0.3, 0.4) is 0 Å². The summed E-state index contributed by atoms with van der Waals surface area (Å²) in [5.41, 5.74) is 6.79. The highest BCUT2D eigenvalue weighted by molar-refractivity contribution is 7.17.